The van der Waals surface area contributed by atoms with Gasteiger partial charge in [0, 0.05) is 11.8 Å². The molecule has 1 aromatic heterocycles. The monoisotopic (exact) mass is 338 g/mol. The third kappa shape index (κ3) is 4.90. The van der Waals surface area contributed by atoms with Crippen LogP contribution < -0.4 is 11.2 Å². The van der Waals surface area contributed by atoms with Gasteiger partial charge in [-0.2, -0.15) is 0 Å². The molecule has 1 heterocycles. The Balaban J connectivity index is 2.75. The number of carboxylic acids is 1. The minimum atomic E-state index is -5.04. The van der Waals surface area contributed by atoms with Gasteiger partial charge in [0.1, 0.15) is 0 Å². The number of hydrogen-bond acceptors (Lipinski definition) is 6. The summed E-state index contributed by atoms with van der Waals surface area (Å²) in [7, 11) is -5.04. The normalized spacial score (nSPS) is 14.5. The van der Waals surface area contributed by atoms with Crippen molar-refractivity contribution in [3.63, 3.8) is 0 Å². The van der Waals surface area contributed by atoms with E-state index in [2.05, 4.69) is 4.74 Å². The topological polar surface area (TPSA) is 179 Å². The lowest BCUT2D eigenvalue weighted by Crippen LogP contribution is -2.36. The summed E-state index contributed by atoms with van der Waals surface area (Å²) in [5.74, 6) is -4.28. The van der Waals surface area contributed by atoms with Gasteiger partial charge in [-0.3, -0.25) is 18.9 Å². The van der Waals surface area contributed by atoms with Crippen LogP contribution in [0.3, 0.4) is 0 Å². The Morgan fingerprint density at radius 1 is 1.45 bits per heavy atom. The van der Waals surface area contributed by atoms with Crippen molar-refractivity contribution >= 4 is 13.6 Å². The summed E-state index contributed by atoms with van der Waals surface area (Å²) in [6, 6.07) is 0. The van der Waals surface area contributed by atoms with E-state index >= 15 is 0 Å². The maximum Gasteiger partial charge on any atom is 0.365 e. The van der Waals surface area contributed by atoms with Crippen LogP contribution in [0, 0.1) is 6.92 Å². The van der Waals surface area contributed by atoms with Gasteiger partial charge in [0.25, 0.3) is 11.4 Å². The Hall–Kier alpha value is -1.78. The quantitative estimate of drug-likeness (QED) is 0.345. The molecular weight excluding hydrogens is 323 g/mol. The smallest absolute Gasteiger partial charge is 0.365 e. The molecule has 0 amide bonds. The number of hydrogen-bond donors (Lipinski definition) is 5. The average molecular weight is 338 g/mol. The number of aliphatic carboxylic acids is 1. The number of nitrogens with zero attached hydrogens (tertiary/aromatic N) is 1. The largest absolute Gasteiger partial charge is 0.479 e. The molecule has 5 N–H and O–H groups in total. The van der Waals surface area contributed by atoms with Crippen molar-refractivity contribution in [1.29, 1.82) is 0 Å². The third-order valence-corrected chi connectivity index (χ3v) is 3.54. The lowest BCUT2D eigenvalue weighted by molar-refractivity contribution is -0.147. The molecule has 0 aromatic carbocycles. The van der Waals surface area contributed by atoms with Gasteiger partial charge in [0.15, 0.2) is 0 Å². The van der Waals surface area contributed by atoms with E-state index in [1.165, 1.54) is 13.1 Å². The zero-order chi connectivity index (χ0) is 17.1. The van der Waals surface area contributed by atoms with Gasteiger partial charge in [-0.05, 0) is 6.92 Å². The van der Waals surface area contributed by atoms with Crippen molar-refractivity contribution in [2.75, 3.05) is 6.61 Å². The van der Waals surface area contributed by atoms with Crippen molar-refractivity contribution in [1.82, 2.24) is 9.55 Å². The van der Waals surface area contributed by atoms with Gasteiger partial charge >= 0.3 is 19.3 Å². The van der Waals surface area contributed by atoms with Crippen LogP contribution in [-0.4, -0.2) is 54.1 Å². The Bertz CT molecular complexity index is 703. The second kappa shape index (κ2) is 6.99. The van der Waals surface area contributed by atoms with Gasteiger partial charge in [-0.1, -0.05) is 0 Å². The Morgan fingerprint density at radius 2 is 2.05 bits per heavy atom. The van der Waals surface area contributed by atoms with Gasteiger partial charge in [-0.15, -0.1) is 0 Å². The SMILES string of the molecule is Cc1cn(CC(O)COC(C(=O)O)P(=O)(O)O)c(=O)[nH]c1=O. The predicted octanol–water partition coefficient (Wildman–Crippen LogP) is -2.19. The van der Waals surface area contributed by atoms with Crippen LogP contribution in [0.1, 0.15) is 5.56 Å². The van der Waals surface area contributed by atoms with Crippen molar-refractivity contribution in [2.45, 2.75) is 25.4 Å². The summed E-state index contributed by atoms with van der Waals surface area (Å²) in [6.45, 7) is 0.350. The van der Waals surface area contributed by atoms with Crippen LogP contribution in [0.4, 0.5) is 0 Å². The number of carbonyl (C=O) groups is 1. The lowest BCUT2D eigenvalue weighted by atomic mass is 10.3. The number of nitrogens with one attached hydrogen (secondary N) is 1. The van der Waals surface area contributed by atoms with Crippen molar-refractivity contribution < 1.29 is 34.1 Å². The van der Waals surface area contributed by atoms with Crippen molar-refractivity contribution in [2.24, 2.45) is 0 Å². The highest BCUT2D eigenvalue weighted by atomic mass is 31.2. The second-order valence-corrected chi connectivity index (χ2v) is 6.14. The number of rotatable bonds is 7. The van der Waals surface area contributed by atoms with Gasteiger partial charge in [0.05, 0.1) is 19.3 Å². The molecule has 2 atom stereocenters. The fraction of sp³-hybridized carbons (Fsp3) is 0.500. The number of H-pyrrole nitrogens is 1. The van der Waals surface area contributed by atoms with Gasteiger partial charge < -0.3 is 24.7 Å². The predicted molar refractivity (Wildman–Crippen MR) is 71.5 cm³/mol. The first-order chi connectivity index (χ1) is 10.0. The number of ether oxygens (including phenoxy) is 1. The van der Waals surface area contributed by atoms with E-state index in [9.17, 15) is 24.1 Å². The molecule has 0 fully saturated rings. The van der Waals surface area contributed by atoms with Crippen LogP contribution >= 0.6 is 7.60 Å². The summed E-state index contributed by atoms with van der Waals surface area (Å²) >= 11 is 0. The molecule has 0 aliphatic carbocycles. The first-order valence-corrected chi connectivity index (χ1v) is 7.58. The molecule has 0 saturated carbocycles. The molecule has 2 unspecified atom stereocenters. The number of aliphatic hydroxyl groups is 1. The lowest BCUT2D eigenvalue weighted by Gasteiger charge is -2.18. The number of aromatic amines is 1. The molecule has 124 valence electrons. The van der Waals surface area contributed by atoms with Crippen LogP contribution in [0.5, 0.6) is 0 Å². The standard InChI is InChI=1S/C10H15N2O9P/c1-5-2-12(10(17)11-7(5)14)3-6(13)4-21-9(8(15)16)22(18,19)20/h2,6,9,13H,3-4H2,1H3,(H,15,16)(H,11,14,17)(H2,18,19,20). The second-order valence-electron chi connectivity index (χ2n) is 4.49. The molecule has 0 aliphatic heterocycles. The highest BCUT2D eigenvalue weighted by Crippen LogP contribution is 2.41. The number of carboxylic acid groups (broad SMARTS) is 1. The molecule has 0 aliphatic rings. The van der Waals surface area contributed by atoms with Gasteiger partial charge in [0.2, 0.25) is 0 Å². The van der Waals surface area contributed by atoms with E-state index in [0.717, 1.165) is 4.57 Å². The number of aromatic nitrogens is 2. The highest BCUT2D eigenvalue weighted by molar-refractivity contribution is 7.53. The fourth-order valence-electron chi connectivity index (χ4n) is 1.55. The minimum Gasteiger partial charge on any atom is -0.479 e. The molecule has 12 heteroatoms. The summed E-state index contributed by atoms with van der Waals surface area (Å²) in [5, 5.41) is 18.3. The van der Waals surface area contributed by atoms with Crippen molar-refractivity contribution in [3.8, 4) is 0 Å². The number of aliphatic hydroxyl groups excluding tert-OH is 1. The van der Waals surface area contributed by atoms with Crippen molar-refractivity contribution in [3.05, 3.63) is 32.6 Å². The first-order valence-electron chi connectivity index (χ1n) is 5.90. The first kappa shape index (κ1) is 18.3. The number of aryl methyl sites for hydroxylation is 1. The van der Waals surface area contributed by atoms with Crippen LogP contribution in [0.25, 0.3) is 0 Å². The fourth-order valence-corrected chi connectivity index (χ4v) is 2.12. The summed E-state index contributed by atoms with van der Waals surface area (Å²) < 4.78 is 16.3. The zero-order valence-electron chi connectivity index (χ0n) is 11.4. The van der Waals surface area contributed by atoms with E-state index in [-0.39, 0.29) is 12.1 Å². The Kier molecular flexibility index (Phi) is 5.80. The molecule has 1 aromatic rings. The molecule has 22 heavy (non-hydrogen) atoms. The summed E-state index contributed by atoms with van der Waals surface area (Å²) in [6.07, 6.45) is -0.237. The molecule has 1 rings (SSSR count). The summed E-state index contributed by atoms with van der Waals surface area (Å²) in [4.78, 5) is 52.9. The van der Waals surface area contributed by atoms with E-state index in [4.69, 9.17) is 14.9 Å². The minimum absolute atomic E-state index is 0.214. The maximum atomic E-state index is 11.5. The summed E-state index contributed by atoms with van der Waals surface area (Å²) in [5.41, 5.74) is -1.16. The van der Waals surface area contributed by atoms with Crippen LogP contribution in [-0.2, 0) is 20.6 Å². The Labute approximate surface area is 123 Å². The molecule has 0 radical (unpaired) electrons. The van der Waals surface area contributed by atoms with Gasteiger partial charge in [-0.25, -0.2) is 9.59 Å². The highest BCUT2D eigenvalue weighted by Gasteiger charge is 2.37. The van der Waals surface area contributed by atoms with E-state index in [0.29, 0.717) is 0 Å². The van der Waals surface area contributed by atoms with E-state index in [1.807, 2.05) is 4.98 Å². The van der Waals surface area contributed by atoms with E-state index < -0.39 is 43.4 Å². The molecule has 0 spiro atoms. The molecule has 0 saturated heterocycles. The average Bonchev–Trinajstić information content (AvgIpc) is 2.34. The Morgan fingerprint density at radius 3 is 2.55 bits per heavy atom. The van der Waals surface area contributed by atoms with E-state index in [1.54, 1.807) is 0 Å². The third-order valence-electron chi connectivity index (χ3n) is 2.56. The molecule has 11 nitrogen and oxygen atoms in total. The molecular formula is C10H15N2O9P. The molecule has 0 bridgehead atoms. The van der Waals surface area contributed by atoms with Crippen LogP contribution in [0.15, 0.2) is 15.8 Å². The zero-order valence-corrected chi connectivity index (χ0v) is 12.3. The maximum absolute atomic E-state index is 11.5. The van der Waals surface area contributed by atoms with Crippen LogP contribution in [0.2, 0.25) is 0 Å².